The number of furan rings is 1. The molecular weight excluding hydrogens is 799 g/mol. The Bertz CT molecular complexity index is 3520. The molecule has 1 heterocycles. The van der Waals surface area contributed by atoms with Crippen molar-refractivity contribution < 1.29 is 4.42 Å². The molecule has 11 aromatic rings. The maximum absolute atomic E-state index is 6.64. The van der Waals surface area contributed by atoms with Gasteiger partial charge in [0.2, 0.25) is 0 Å². The molecule has 2 nitrogen and oxygen atoms in total. The summed E-state index contributed by atoms with van der Waals surface area (Å²) in [6, 6.07) is 86.8. The summed E-state index contributed by atoms with van der Waals surface area (Å²) in [4.78, 5) is 2.35. The van der Waals surface area contributed by atoms with E-state index in [-0.39, 0.29) is 5.41 Å². The highest BCUT2D eigenvalue weighted by atomic mass is 16.3. The maximum Gasteiger partial charge on any atom is 0.135 e. The number of hydrogen-bond acceptors (Lipinski definition) is 2. The second-order valence-corrected chi connectivity index (χ2v) is 18.4. The van der Waals surface area contributed by atoms with Crippen LogP contribution in [0.5, 0.6) is 0 Å². The van der Waals surface area contributed by atoms with Gasteiger partial charge in [-0.1, -0.05) is 196 Å². The van der Waals surface area contributed by atoms with Crippen molar-refractivity contribution in [1.29, 1.82) is 0 Å². The molecule has 0 amide bonds. The quantitative estimate of drug-likeness (QED) is 0.166. The van der Waals surface area contributed by atoms with Crippen LogP contribution in [-0.2, 0) is 10.8 Å². The molecule has 0 radical (unpaired) electrons. The van der Waals surface area contributed by atoms with Gasteiger partial charge < -0.3 is 9.32 Å². The molecule has 0 unspecified atom stereocenters. The van der Waals surface area contributed by atoms with Gasteiger partial charge in [-0.15, -0.1) is 0 Å². The van der Waals surface area contributed by atoms with Gasteiger partial charge in [-0.05, 0) is 132 Å². The topological polar surface area (TPSA) is 16.4 Å². The average molecular weight is 844 g/mol. The Kier molecular flexibility index (Phi) is 8.51. The Balaban J connectivity index is 0.974. The minimum Gasteiger partial charge on any atom is -0.456 e. The van der Waals surface area contributed by atoms with E-state index in [0.29, 0.717) is 0 Å². The van der Waals surface area contributed by atoms with Crippen molar-refractivity contribution in [2.75, 3.05) is 4.90 Å². The second-order valence-electron chi connectivity index (χ2n) is 18.4. The first-order chi connectivity index (χ1) is 32.5. The molecule has 10 aromatic carbocycles. The number of fused-ring (bicyclic) bond motifs is 12. The first-order valence-corrected chi connectivity index (χ1v) is 23.0. The van der Waals surface area contributed by atoms with Crippen molar-refractivity contribution in [1.82, 2.24) is 0 Å². The third-order valence-electron chi connectivity index (χ3n) is 14.6. The van der Waals surface area contributed by atoms with Crippen LogP contribution in [0.1, 0.15) is 47.2 Å². The van der Waals surface area contributed by atoms with E-state index in [1.165, 1.54) is 77.9 Å². The van der Waals surface area contributed by atoms with E-state index in [9.17, 15) is 0 Å². The number of anilines is 3. The minimum atomic E-state index is -0.450. The first-order valence-electron chi connectivity index (χ1n) is 23.0. The van der Waals surface area contributed by atoms with Gasteiger partial charge in [0.05, 0.1) is 5.41 Å². The monoisotopic (exact) mass is 843 g/mol. The molecule has 13 rings (SSSR count). The fourth-order valence-corrected chi connectivity index (χ4v) is 11.5. The lowest BCUT2D eigenvalue weighted by Crippen LogP contribution is -2.40. The zero-order valence-electron chi connectivity index (χ0n) is 36.9. The van der Waals surface area contributed by atoms with Gasteiger partial charge in [-0.2, -0.15) is 0 Å². The summed E-state index contributed by atoms with van der Waals surface area (Å²) in [5.41, 5.74) is 22.3. The molecule has 0 saturated heterocycles. The van der Waals surface area contributed by atoms with Crippen molar-refractivity contribution in [2.24, 2.45) is 0 Å². The second kappa shape index (κ2) is 14.7. The van der Waals surface area contributed by atoms with Crippen molar-refractivity contribution in [3.63, 3.8) is 0 Å². The summed E-state index contributed by atoms with van der Waals surface area (Å²) in [6.45, 7) is 4.77. The van der Waals surface area contributed by atoms with Crippen LogP contribution in [0.4, 0.5) is 17.1 Å². The lowest BCUT2D eigenvalue weighted by atomic mass is 9.55. The summed E-state index contributed by atoms with van der Waals surface area (Å²) < 4.78 is 6.64. The molecule has 0 fully saturated rings. The van der Waals surface area contributed by atoms with Crippen LogP contribution in [-0.4, -0.2) is 0 Å². The molecule has 1 aromatic heterocycles. The van der Waals surface area contributed by atoms with E-state index in [1.807, 2.05) is 0 Å². The summed E-state index contributed by atoms with van der Waals surface area (Å²) >= 11 is 0. The van der Waals surface area contributed by atoms with Gasteiger partial charge in [0, 0.05) is 33.2 Å². The number of benzene rings is 10. The third kappa shape index (κ3) is 5.61. The number of hydrogen-bond donors (Lipinski definition) is 0. The first kappa shape index (κ1) is 38.3. The fourth-order valence-electron chi connectivity index (χ4n) is 11.5. The molecule has 312 valence electrons. The summed E-state index contributed by atoms with van der Waals surface area (Å²) in [7, 11) is 0. The Hall–Kier alpha value is -8.20. The number of nitrogens with zero attached hydrogens (tertiary/aromatic N) is 1. The molecule has 2 aliphatic carbocycles. The molecule has 2 heteroatoms. The third-order valence-corrected chi connectivity index (χ3v) is 14.6. The van der Waals surface area contributed by atoms with E-state index in [0.717, 1.165) is 39.0 Å². The zero-order valence-corrected chi connectivity index (χ0v) is 36.9. The minimum absolute atomic E-state index is 0.146. The Morgan fingerprint density at radius 1 is 0.318 bits per heavy atom. The van der Waals surface area contributed by atoms with Crippen LogP contribution in [0.15, 0.2) is 241 Å². The lowest BCUT2D eigenvalue weighted by Gasteiger charge is -2.46. The van der Waals surface area contributed by atoms with Crippen molar-refractivity contribution in [3.05, 3.63) is 270 Å². The molecule has 0 atom stereocenters. The molecule has 0 saturated carbocycles. The van der Waals surface area contributed by atoms with Crippen LogP contribution in [0, 0.1) is 0 Å². The van der Waals surface area contributed by atoms with Gasteiger partial charge in [-0.3, -0.25) is 0 Å². The van der Waals surface area contributed by atoms with Crippen LogP contribution >= 0.6 is 0 Å². The SMILES string of the molecule is CC1(C)c2ccccc2C2(c3ccccc3-c3c(-c4ccc5oc6ccc(N(c7ccc(-c8ccccc8)cc7)c7ccc(-c8ccccc8)cc7)cc6c5c4)cccc32)c2ccccc21. The molecule has 0 aliphatic heterocycles. The van der Waals surface area contributed by atoms with E-state index in [2.05, 4.69) is 255 Å². The highest BCUT2D eigenvalue weighted by Crippen LogP contribution is 2.63. The zero-order chi connectivity index (χ0) is 44.0. The highest BCUT2D eigenvalue weighted by Gasteiger charge is 2.53. The normalized spacial score (nSPS) is 13.8. The highest BCUT2D eigenvalue weighted by molar-refractivity contribution is 6.09. The predicted octanol–water partition coefficient (Wildman–Crippen LogP) is 17.1. The molecule has 0 N–H and O–H groups in total. The molecule has 2 aliphatic rings. The Labute approximate surface area is 385 Å². The van der Waals surface area contributed by atoms with Crippen molar-refractivity contribution in [3.8, 4) is 44.5 Å². The lowest BCUT2D eigenvalue weighted by molar-refractivity contribution is 0.563. The summed E-state index contributed by atoms with van der Waals surface area (Å²) in [5.74, 6) is 0. The number of rotatable bonds is 6. The van der Waals surface area contributed by atoms with Gasteiger partial charge in [-0.25, -0.2) is 0 Å². The Morgan fingerprint density at radius 2 is 0.742 bits per heavy atom. The van der Waals surface area contributed by atoms with E-state index in [4.69, 9.17) is 4.42 Å². The van der Waals surface area contributed by atoms with Gasteiger partial charge in [0.15, 0.2) is 0 Å². The molecule has 1 spiro atoms. The predicted molar refractivity (Wildman–Crippen MR) is 274 cm³/mol. The smallest absolute Gasteiger partial charge is 0.135 e. The van der Waals surface area contributed by atoms with Crippen LogP contribution in [0.3, 0.4) is 0 Å². The van der Waals surface area contributed by atoms with Crippen molar-refractivity contribution in [2.45, 2.75) is 24.7 Å². The molecular formula is C64H45NO. The average Bonchev–Trinajstić information content (AvgIpc) is 3.90. The van der Waals surface area contributed by atoms with Crippen LogP contribution in [0.2, 0.25) is 0 Å². The van der Waals surface area contributed by atoms with E-state index < -0.39 is 5.41 Å². The molecule has 66 heavy (non-hydrogen) atoms. The van der Waals surface area contributed by atoms with Gasteiger partial charge >= 0.3 is 0 Å². The summed E-state index contributed by atoms with van der Waals surface area (Å²) in [6.07, 6.45) is 0. The van der Waals surface area contributed by atoms with Crippen LogP contribution < -0.4 is 4.90 Å². The fraction of sp³-hybridized carbons (Fsp3) is 0.0625. The standard InChI is InChI=1S/C64H45NO/c1-63(2)55-23-11-13-25-57(55)64(58-26-14-12-24-56(58)63)54-22-10-9-20-51(54)62-50(21-15-27-59(62)64)46-32-38-60-52(40-46)53-41-49(37-39-61(53)66-60)65(47-33-28-44(29-34-47)42-16-5-3-6-17-42)48-35-30-45(31-36-48)43-18-7-4-8-19-43/h3-41H,1-2H3. The summed E-state index contributed by atoms with van der Waals surface area (Å²) in [5, 5.41) is 2.18. The van der Waals surface area contributed by atoms with Gasteiger partial charge in [0.25, 0.3) is 0 Å². The van der Waals surface area contributed by atoms with Crippen molar-refractivity contribution >= 4 is 39.0 Å². The largest absolute Gasteiger partial charge is 0.456 e. The van der Waals surface area contributed by atoms with E-state index >= 15 is 0 Å². The van der Waals surface area contributed by atoms with Gasteiger partial charge in [0.1, 0.15) is 11.2 Å². The maximum atomic E-state index is 6.64. The molecule has 0 bridgehead atoms. The van der Waals surface area contributed by atoms with Crippen LogP contribution in [0.25, 0.3) is 66.4 Å². The van der Waals surface area contributed by atoms with E-state index in [1.54, 1.807) is 0 Å². The Morgan fingerprint density at radius 3 is 1.33 bits per heavy atom.